The van der Waals surface area contributed by atoms with Gasteiger partial charge in [-0.2, -0.15) is 15.0 Å². The fourth-order valence-corrected chi connectivity index (χ4v) is 2.63. The normalized spacial score (nSPS) is 10.2. The molecule has 3 aromatic rings. The molecule has 0 fully saturated rings. The number of nitrogens with zero attached hydrogens (tertiary/aromatic N) is 4. The molecule has 6 nitrogen and oxygen atoms in total. The predicted octanol–water partition coefficient (Wildman–Crippen LogP) is 3.33. The molecule has 0 saturated heterocycles. The van der Waals surface area contributed by atoms with Crippen molar-refractivity contribution in [3.63, 3.8) is 0 Å². The number of benzene rings is 1. The molecular weight excluding hydrogens is 419 g/mol. The molecule has 0 aliphatic carbocycles. The Balaban J connectivity index is 1.83. The van der Waals surface area contributed by atoms with E-state index in [4.69, 9.17) is 14.7 Å². The van der Waals surface area contributed by atoms with Crippen molar-refractivity contribution in [1.29, 1.82) is 5.26 Å². The van der Waals surface area contributed by atoms with E-state index in [-0.39, 0.29) is 0 Å². The van der Waals surface area contributed by atoms with E-state index in [1.807, 2.05) is 18.2 Å². The Morgan fingerprint density at radius 2 is 2.08 bits per heavy atom. The topological polar surface area (TPSA) is 73.0 Å². The number of halogens is 1. The molecule has 0 aliphatic heterocycles. The number of aromatic nitrogens is 3. The second-order valence-corrected chi connectivity index (χ2v) is 6.09. The van der Waals surface area contributed by atoms with Crippen LogP contribution in [0.1, 0.15) is 11.1 Å². The van der Waals surface area contributed by atoms with Crippen molar-refractivity contribution in [3.05, 3.63) is 63.5 Å². The zero-order valence-electron chi connectivity index (χ0n) is 12.8. The molecule has 1 aromatic carbocycles. The molecule has 0 saturated carbocycles. The molecule has 24 heavy (non-hydrogen) atoms. The lowest BCUT2D eigenvalue weighted by Crippen LogP contribution is -2.06. The van der Waals surface area contributed by atoms with Crippen molar-refractivity contribution in [3.8, 4) is 23.5 Å². The van der Waals surface area contributed by atoms with Crippen LogP contribution in [-0.4, -0.2) is 21.9 Å². The number of hydrogen-bond acceptors (Lipinski definition) is 5. The molecule has 0 atom stereocenters. The summed E-state index contributed by atoms with van der Waals surface area (Å²) in [7, 11) is 1.64. The van der Waals surface area contributed by atoms with Gasteiger partial charge >= 0.3 is 0 Å². The van der Waals surface area contributed by atoms with Crippen LogP contribution < -0.4 is 9.47 Å². The lowest BCUT2D eigenvalue weighted by atomic mass is 10.2. The molecule has 0 radical (unpaired) electrons. The second kappa shape index (κ2) is 7.31. The average Bonchev–Trinajstić information content (AvgIpc) is 3.09. The van der Waals surface area contributed by atoms with Gasteiger partial charge in [0.25, 0.3) is 0 Å². The van der Waals surface area contributed by atoms with E-state index in [1.54, 1.807) is 42.4 Å². The van der Waals surface area contributed by atoms with Crippen molar-refractivity contribution in [1.82, 2.24) is 14.8 Å². The fourth-order valence-electron chi connectivity index (χ4n) is 2.17. The molecule has 2 heterocycles. The highest BCUT2D eigenvalue weighted by atomic mass is 127. The molecule has 0 amide bonds. The van der Waals surface area contributed by atoms with Crippen molar-refractivity contribution in [2.24, 2.45) is 0 Å². The van der Waals surface area contributed by atoms with Gasteiger partial charge in [-0.25, -0.2) is 4.98 Å². The van der Waals surface area contributed by atoms with E-state index in [0.29, 0.717) is 23.9 Å². The molecular formula is C17H13IN4O2. The molecule has 3 rings (SSSR count). The number of hydrogen-bond donors (Lipinski definition) is 0. The van der Waals surface area contributed by atoms with E-state index in [0.717, 1.165) is 14.9 Å². The summed E-state index contributed by atoms with van der Waals surface area (Å²) in [5.74, 6) is 1.85. The number of rotatable bonds is 5. The summed E-state index contributed by atoms with van der Waals surface area (Å²) in [5, 5.41) is 13.2. The standard InChI is InChI=1S/C17H13IN4O2/c1-23-15-9-14(18)3-2-13(15)11-24-17-5-7-21-22(17)16-8-12(10-19)4-6-20-16/h2-9H,11H2,1H3. The summed E-state index contributed by atoms with van der Waals surface area (Å²) < 4.78 is 13.9. The third-order valence-electron chi connectivity index (χ3n) is 3.32. The van der Waals surface area contributed by atoms with Gasteiger partial charge in [0.05, 0.1) is 24.9 Å². The van der Waals surface area contributed by atoms with Gasteiger partial charge in [-0.1, -0.05) is 6.07 Å². The van der Waals surface area contributed by atoms with Crippen LogP contribution in [0.2, 0.25) is 0 Å². The Labute approximate surface area is 152 Å². The van der Waals surface area contributed by atoms with E-state index in [1.165, 1.54) is 0 Å². The molecule has 7 heteroatoms. The van der Waals surface area contributed by atoms with Crippen LogP contribution in [0.3, 0.4) is 0 Å². The van der Waals surface area contributed by atoms with Crippen LogP contribution >= 0.6 is 22.6 Å². The van der Waals surface area contributed by atoms with Crippen LogP contribution in [0.4, 0.5) is 0 Å². The van der Waals surface area contributed by atoms with Crippen molar-refractivity contribution < 1.29 is 9.47 Å². The molecule has 2 aromatic heterocycles. The van der Waals surface area contributed by atoms with Crippen molar-refractivity contribution in [2.75, 3.05) is 7.11 Å². The Morgan fingerprint density at radius 1 is 1.21 bits per heavy atom. The Bertz CT molecular complexity index is 902. The lowest BCUT2D eigenvalue weighted by molar-refractivity contribution is 0.277. The van der Waals surface area contributed by atoms with Crippen LogP contribution in [0.15, 0.2) is 48.8 Å². The first-order valence-corrected chi connectivity index (χ1v) is 8.15. The summed E-state index contributed by atoms with van der Waals surface area (Å²) in [6.07, 6.45) is 3.20. The summed E-state index contributed by atoms with van der Waals surface area (Å²) in [6, 6.07) is 13.1. The van der Waals surface area contributed by atoms with Crippen LogP contribution in [-0.2, 0) is 6.61 Å². The highest BCUT2D eigenvalue weighted by Crippen LogP contribution is 2.24. The van der Waals surface area contributed by atoms with Gasteiger partial charge in [0, 0.05) is 27.5 Å². The first-order chi connectivity index (χ1) is 11.7. The monoisotopic (exact) mass is 432 g/mol. The summed E-state index contributed by atoms with van der Waals surface area (Å²) >= 11 is 2.23. The first kappa shape index (κ1) is 16.3. The second-order valence-electron chi connectivity index (χ2n) is 4.84. The zero-order chi connectivity index (χ0) is 16.9. The highest BCUT2D eigenvalue weighted by molar-refractivity contribution is 14.1. The minimum Gasteiger partial charge on any atom is -0.496 e. The van der Waals surface area contributed by atoms with Gasteiger partial charge in [-0.15, -0.1) is 0 Å². The average molecular weight is 432 g/mol. The Hall–Kier alpha value is -2.60. The largest absolute Gasteiger partial charge is 0.496 e. The molecule has 0 bridgehead atoms. The SMILES string of the molecule is COc1cc(I)ccc1COc1ccnn1-c1cc(C#N)ccn1. The van der Waals surface area contributed by atoms with Gasteiger partial charge in [-0.3, -0.25) is 0 Å². The third kappa shape index (κ3) is 3.49. The van der Waals surface area contributed by atoms with Crippen LogP contribution in [0, 0.1) is 14.9 Å². The molecule has 120 valence electrons. The molecule has 0 aliphatic rings. The molecule has 0 spiro atoms. The summed E-state index contributed by atoms with van der Waals surface area (Å²) in [6.45, 7) is 0.337. The number of nitriles is 1. The van der Waals surface area contributed by atoms with Gasteiger partial charge in [0.15, 0.2) is 5.82 Å². The van der Waals surface area contributed by atoms with Gasteiger partial charge in [0.2, 0.25) is 5.88 Å². The number of methoxy groups -OCH3 is 1. The first-order valence-electron chi connectivity index (χ1n) is 7.07. The zero-order valence-corrected chi connectivity index (χ0v) is 15.0. The number of pyridine rings is 1. The Kier molecular flexibility index (Phi) is 4.96. The fraction of sp³-hybridized carbons (Fsp3) is 0.118. The maximum atomic E-state index is 9.01. The van der Waals surface area contributed by atoms with Gasteiger partial charge in [-0.05, 0) is 40.8 Å². The quantitative estimate of drug-likeness (QED) is 0.579. The number of ether oxygens (including phenoxy) is 2. The van der Waals surface area contributed by atoms with E-state index >= 15 is 0 Å². The van der Waals surface area contributed by atoms with E-state index in [2.05, 4.69) is 38.7 Å². The smallest absolute Gasteiger partial charge is 0.218 e. The van der Waals surface area contributed by atoms with Crippen molar-refractivity contribution >= 4 is 22.6 Å². The minimum atomic E-state index is 0.337. The van der Waals surface area contributed by atoms with E-state index in [9.17, 15) is 0 Å². The molecule has 0 N–H and O–H groups in total. The third-order valence-corrected chi connectivity index (χ3v) is 4.00. The lowest BCUT2D eigenvalue weighted by Gasteiger charge is -2.11. The predicted molar refractivity (Wildman–Crippen MR) is 96.1 cm³/mol. The van der Waals surface area contributed by atoms with Gasteiger partial charge < -0.3 is 9.47 Å². The van der Waals surface area contributed by atoms with E-state index < -0.39 is 0 Å². The Morgan fingerprint density at radius 3 is 2.88 bits per heavy atom. The molecule has 0 unspecified atom stereocenters. The maximum absolute atomic E-state index is 9.01. The highest BCUT2D eigenvalue weighted by Gasteiger charge is 2.10. The summed E-state index contributed by atoms with van der Waals surface area (Å²) in [4.78, 5) is 4.23. The van der Waals surface area contributed by atoms with Gasteiger partial charge in [0.1, 0.15) is 12.4 Å². The van der Waals surface area contributed by atoms with Crippen molar-refractivity contribution in [2.45, 2.75) is 6.61 Å². The summed E-state index contributed by atoms with van der Waals surface area (Å²) in [5.41, 5.74) is 1.45. The van der Waals surface area contributed by atoms with Crippen LogP contribution in [0.5, 0.6) is 11.6 Å². The maximum Gasteiger partial charge on any atom is 0.218 e. The minimum absolute atomic E-state index is 0.337. The van der Waals surface area contributed by atoms with Crippen LogP contribution in [0.25, 0.3) is 5.82 Å².